The number of ether oxygens (including phenoxy) is 1. The molecular formula is C20H16ClN3O2S. The van der Waals surface area contributed by atoms with Crippen LogP contribution >= 0.6 is 22.9 Å². The number of benzene rings is 2. The summed E-state index contributed by atoms with van der Waals surface area (Å²) in [5, 5.41) is 5.48. The third-order valence-corrected chi connectivity index (χ3v) is 5.04. The smallest absolute Gasteiger partial charge is 0.265 e. The molecule has 136 valence electrons. The van der Waals surface area contributed by atoms with E-state index >= 15 is 0 Å². The topological polar surface area (TPSA) is 55.6 Å². The molecule has 1 atom stereocenters. The maximum Gasteiger partial charge on any atom is 0.265 e. The first-order valence-corrected chi connectivity index (χ1v) is 9.60. The molecule has 1 amide bonds. The number of hydrogen-bond acceptors (Lipinski definition) is 4. The molecular weight excluding hydrogens is 382 g/mol. The summed E-state index contributed by atoms with van der Waals surface area (Å²) in [5.41, 5.74) is 2.35. The second-order valence-electron chi connectivity index (χ2n) is 5.97. The van der Waals surface area contributed by atoms with Gasteiger partial charge in [0.05, 0.1) is 11.4 Å². The molecule has 0 radical (unpaired) electrons. The fraction of sp³-hybridized carbons (Fsp3) is 0.100. The molecule has 0 aliphatic carbocycles. The Morgan fingerprint density at radius 2 is 2.11 bits per heavy atom. The standard InChI is InChI=1S/C20H16ClN3O2S/c1-13(26-15-6-4-5-14(21)11-15)19(25)22-17-8-3-2-7-16(17)18-12-24-9-10-27-20(24)23-18/h2-13H,1H3,(H,22,25). The number of fused-ring (bicyclic) bond motifs is 1. The number of nitrogens with zero attached hydrogens (tertiary/aromatic N) is 2. The average Bonchev–Trinajstić information content (AvgIpc) is 3.24. The van der Waals surface area contributed by atoms with E-state index in [4.69, 9.17) is 16.3 Å². The summed E-state index contributed by atoms with van der Waals surface area (Å²) in [6.07, 6.45) is 3.23. The molecule has 7 heteroatoms. The zero-order chi connectivity index (χ0) is 18.8. The number of para-hydroxylation sites is 1. The largest absolute Gasteiger partial charge is 0.481 e. The molecule has 0 fully saturated rings. The summed E-state index contributed by atoms with van der Waals surface area (Å²) in [7, 11) is 0. The van der Waals surface area contributed by atoms with Gasteiger partial charge in [-0.2, -0.15) is 0 Å². The highest BCUT2D eigenvalue weighted by Crippen LogP contribution is 2.28. The minimum atomic E-state index is -0.679. The van der Waals surface area contributed by atoms with Crippen LogP contribution in [-0.4, -0.2) is 21.4 Å². The van der Waals surface area contributed by atoms with Crippen LogP contribution in [0.15, 0.2) is 66.3 Å². The molecule has 0 saturated heterocycles. The summed E-state index contributed by atoms with van der Waals surface area (Å²) in [5.74, 6) is 0.302. The summed E-state index contributed by atoms with van der Waals surface area (Å²) in [6.45, 7) is 1.70. The number of hydrogen-bond donors (Lipinski definition) is 1. The maximum absolute atomic E-state index is 12.6. The van der Waals surface area contributed by atoms with Gasteiger partial charge in [-0.3, -0.25) is 9.20 Å². The first-order chi connectivity index (χ1) is 13.1. The van der Waals surface area contributed by atoms with Crippen LogP contribution in [0.4, 0.5) is 5.69 Å². The molecule has 0 spiro atoms. The lowest BCUT2D eigenvalue weighted by atomic mass is 10.1. The van der Waals surface area contributed by atoms with Crippen LogP contribution in [0.2, 0.25) is 5.02 Å². The minimum absolute atomic E-state index is 0.247. The number of rotatable bonds is 5. The van der Waals surface area contributed by atoms with Gasteiger partial charge < -0.3 is 10.1 Å². The van der Waals surface area contributed by atoms with Gasteiger partial charge in [-0.05, 0) is 31.2 Å². The second-order valence-corrected chi connectivity index (χ2v) is 7.28. The molecule has 2 heterocycles. The molecule has 27 heavy (non-hydrogen) atoms. The Kier molecular flexibility index (Phi) is 4.83. The van der Waals surface area contributed by atoms with E-state index < -0.39 is 6.10 Å². The molecule has 0 saturated carbocycles. The van der Waals surface area contributed by atoms with Crippen LogP contribution < -0.4 is 10.1 Å². The van der Waals surface area contributed by atoms with Gasteiger partial charge >= 0.3 is 0 Å². The molecule has 2 aromatic carbocycles. The Balaban J connectivity index is 1.53. The lowest BCUT2D eigenvalue weighted by Crippen LogP contribution is -2.30. The summed E-state index contributed by atoms with van der Waals surface area (Å²) in [6, 6.07) is 14.6. The van der Waals surface area contributed by atoms with Crippen molar-refractivity contribution < 1.29 is 9.53 Å². The van der Waals surface area contributed by atoms with E-state index in [1.807, 2.05) is 46.4 Å². The second kappa shape index (κ2) is 7.42. The highest BCUT2D eigenvalue weighted by Gasteiger charge is 2.18. The molecule has 2 aromatic heterocycles. The van der Waals surface area contributed by atoms with E-state index in [2.05, 4.69) is 10.3 Å². The van der Waals surface area contributed by atoms with Crippen molar-refractivity contribution in [3.63, 3.8) is 0 Å². The van der Waals surface area contributed by atoms with Crippen LogP contribution in [0.25, 0.3) is 16.2 Å². The number of imidazole rings is 1. The van der Waals surface area contributed by atoms with Gasteiger partial charge in [0, 0.05) is 28.4 Å². The third kappa shape index (κ3) is 3.82. The van der Waals surface area contributed by atoms with Gasteiger partial charge in [0.25, 0.3) is 5.91 Å². The predicted molar refractivity (Wildman–Crippen MR) is 109 cm³/mol. The van der Waals surface area contributed by atoms with E-state index in [9.17, 15) is 4.79 Å². The number of aromatic nitrogens is 2. The fourth-order valence-electron chi connectivity index (χ4n) is 2.71. The predicted octanol–water partition coefficient (Wildman–Crippen LogP) is 5.12. The lowest BCUT2D eigenvalue weighted by Gasteiger charge is -2.16. The molecule has 4 rings (SSSR count). The molecule has 0 bridgehead atoms. The highest BCUT2D eigenvalue weighted by molar-refractivity contribution is 7.15. The first kappa shape index (κ1) is 17.6. The van der Waals surface area contributed by atoms with Gasteiger partial charge in [0.15, 0.2) is 11.1 Å². The van der Waals surface area contributed by atoms with Crippen LogP contribution in [0.5, 0.6) is 5.75 Å². The van der Waals surface area contributed by atoms with E-state index in [0.29, 0.717) is 16.5 Å². The molecule has 0 aliphatic heterocycles. The highest BCUT2D eigenvalue weighted by atomic mass is 35.5. The summed E-state index contributed by atoms with van der Waals surface area (Å²) < 4.78 is 7.66. The molecule has 1 unspecified atom stereocenters. The lowest BCUT2D eigenvalue weighted by molar-refractivity contribution is -0.122. The van der Waals surface area contributed by atoms with Crippen LogP contribution in [0, 0.1) is 0 Å². The van der Waals surface area contributed by atoms with Crippen molar-refractivity contribution in [2.75, 3.05) is 5.32 Å². The Morgan fingerprint density at radius 1 is 1.26 bits per heavy atom. The van der Waals surface area contributed by atoms with Crippen molar-refractivity contribution in [3.05, 3.63) is 71.3 Å². The van der Waals surface area contributed by atoms with Gasteiger partial charge in [0.1, 0.15) is 5.75 Å². The van der Waals surface area contributed by atoms with E-state index in [1.54, 1.807) is 42.5 Å². The van der Waals surface area contributed by atoms with Crippen molar-refractivity contribution in [1.82, 2.24) is 9.38 Å². The average molecular weight is 398 g/mol. The van der Waals surface area contributed by atoms with Crippen molar-refractivity contribution in [2.45, 2.75) is 13.0 Å². The third-order valence-electron chi connectivity index (χ3n) is 4.03. The monoisotopic (exact) mass is 397 g/mol. The normalized spacial score (nSPS) is 12.1. The van der Waals surface area contributed by atoms with Crippen molar-refractivity contribution >= 4 is 39.5 Å². The van der Waals surface area contributed by atoms with Crippen molar-refractivity contribution in [2.24, 2.45) is 0 Å². The number of carbonyl (C=O) groups excluding carboxylic acids is 1. The molecule has 5 nitrogen and oxygen atoms in total. The zero-order valence-corrected chi connectivity index (χ0v) is 16.0. The maximum atomic E-state index is 12.6. The van der Waals surface area contributed by atoms with Crippen LogP contribution in [0.1, 0.15) is 6.92 Å². The SMILES string of the molecule is CC(Oc1cccc(Cl)c1)C(=O)Nc1ccccc1-c1cn2ccsc2n1. The van der Waals surface area contributed by atoms with E-state index in [1.165, 1.54) is 0 Å². The van der Waals surface area contributed by atoms with Gasteiger partial charge in [-0.1, -0.05) is 35.9 Å². The molecule has 4 aromatic rings. The molecule has 0 aliphatic rings. The summed E-state index contributed by atoms with van der Waals surface area (Å²) >= 11 is 7.53. The fourth-order valence-corrected chi connectivity index (χ4v) is 3.59. The number of nitrogens with one attached hydrogen (secondary N) is 1. The van der Waals surface area contributed by atoms with Crippen molar-refractivity contribution in [3.8, 4) is 17.0 Å². The Bertz CT molecular complexity index is 1080. The number of amides is 1. The Morgan fingerprint density at radius 3 is 2.93 bits per heavy atom. The van der Waals surface area contributed by atoms with Crippen molar-refractivity contribution in [1.29, 1.82) is 0 Å². The first-order valence-electron chi connectivity index (χ1n) is 8.35. The molecule has 1 N–H and O–H groups in total. The van der Waals surface area contributed by atoms with Gasteiger partial charge in [-0.25, -0.2) is 4.98 Å². The van der Waals surface area contributed by atoms with Gasteiger partial charge in [0.2, 0.25) is 0 Å². The van der Waals surface area contributed by atoms with E-state index in [-0.39, 0.29) is 5.91 Å². The number of carbonyl (C=O) groups is 1. The van der Waals surface area contributed by atoms with E-state index in [0.717, 1.165) is 16.2 Å². The zero-order valence-electron chi connectivity index (χ0n) is 14.4. The number of thiazole rings is 1. The Hall–Kier alpha value is -2.83. The quantitative estimate of drug-likeness (QED) is 0.508. The Labute approximate surface area is 165 Å². The number of anilines is 1. The van der Waals surface area contributed by atoms with Crippen LogP contribution in [0.3, 0.4) is 0 Å². The van der Waals surface area contributed by atoms with Crippen LogP contribution in [-0.2, 0) is 4.79 Å². The van der Waals surface area contributed by atoms with Gasteiger partial charge in [-0.15, -0.1) is 11.3 Å². The minimum Gasteiger partial charge on any atom is -0.481 e. The number of halogens is 1. The summed E-state index contributed by atoms with van der Waals surface area (Å²) in [4.78, 5) is 18.1.